The predicted molar refractivity (Wildman–Crippen MR) is 117 cm³/mol. The van der Waals surface area contributed by atoms with E-state index in [9.17, 15) is 14.9 Å². The fraction of sp³-hybridized carbons (Fsp3) is 0.435. The van der Waals surface area contributed by atoms with Crippen LogP contribution in [0.15, 0.2) is 42.5 Å². The summed E-state index contributed by atoms with van der Waals surface area (Å²) >= 11 is 0. The number of ether oxygens (including phenoxy) is 2. The molecule has 2 aromatic carbocycles. The second-order valence-corrected chi connectivity index (χ2v) is 7.89. The molecule has 1 aliphatic heterocycles. The lowest BCUT2D eigenvalue weighted by Gasteiger charge is -2.32. The van der Waals surface area contributed by atoms with Gasteiger partial charge in [0, 0.05) is 25.2 Å². The second-order valence-electron chi connectivity index (χ2n) is 7.89. The monoisotopic (exact) mass is 427 g/mol. The number of amides is 1. The van der Waals surface area contributed by atoms with Crippen molar-refractivity contribution in [3.63, 3.8) is 0 Å². The number of benzene rings is 2. The number of carbonyl (C=O) groups is 1. The molecule has 1 saturated heterocycles. The first-order valence-electron chi connectivity index (χ1n) is 10.4. The third kappa shape index (κ3) is 6.68. The van der Waals surface area contributed by atoms with Crippen LogP contribution in [-0.4, -0.2) is 49.1 Å². The molecule has 2 aromatic rings. The molecule has 8 nitrogen and oxygen atoms in total. The normalized spacial score (nSPS) is 14.8. The molecule has 0 atom stereocenters. The zero-order valence-corrected chi connectivity index (χ0v) is 18.0. The minimum atomic E-state index is -0.526. The smallest absolute Gasteiger partial charge is 0.311 e. The van der Waals surface area contributed by atoms with E-state index in [0.717, 1.165) is 32.5 Å². The molecule has 1 aliphatic rings. The molecule has 0 saturated carbocycles. The van der Waals surface area contributed by atoms with Crippen molar-refractivity contribution in [1.29, 1.82) is 0 Å². The van der Waals surface area contributed by atoms with Gasteiger partial charge < -0.3 is 14.8 Å². The maximum atomic E-state index is 12.1. The Morgan fingerprint density at radius 3 is 2.55 bits per heavy atom. The van der Waals surface area contributed by atoms with Gasteiger partial charge in [-0.2, -0.15) is 0 Å². The Labute approximate surface area is 182 Å². The maximum Gasteiger partial charge on any atom is 0.311 e. The highest BCUT2D eigenvalue weighted by molar-refractivity contribution is 5.77. The number of methoxy groups -OCH3 is 1. The molecule has 1 fully saturated rings. The number of likely N-dealkylation sites (tertiary alicyclic amines) is 1. The molecule has 166 valence electrons. The highest BCUT2D eigenvalue weighted by atomic mass is 16.6. The number of piperidine rings is 1. The summed E-state index contributed by atoms with van der Waals surface area (Å²) in [4.78, 5) is 25.0. The first-order valence-corrected chi connectivity index (χ1v) is 10.4. The zero-order valence-electron chi connectivity index (χ0n) is 18.0. The van der Waals surface area contributed by atoms with Crippen molar-refractivity contribution in [2.24, 2.45) is 5.92 Å². The van der Waals surface area contributed by atoms with E-state index in [1.165, 1.54) is 36.4 Å². The lowest BCUT2D eigenvalue weighted by Crippen LogP contribution is -2.39. The second kappa shape index (κ2) is 10.8. The Balaban J connectivity index is 1.37. The van der Waals surface area contributed by atoms with E-state index in [-0.39, 0.29) is 24.0 Å². The van der Waals surface area contributed by atoms with Crippen LogP contribution in [0.4, 0.5) is 5.69 Å². The lowest BCUT2D eigenvalue weighted by atomic mass is 9.96. The molecule has 3 rings (SSSR count). The van der Waals surface area contributed by atoms with E-state index in [1.807, 2.05) is 0 Å². The van der Waals surface area contributed by atoms with E-state index in [4.69, 9.17) is 9.47 Å². The van der Waals surface area contributed by atoms with Gasteiger partial charge in [-0.3, -0.25) is 19.8 Å². The molecule has 1 heterocycles. The standard InChI is InChI=1S/C23H29N3O5/c1-17-3-5-19(6-4-17)15-25-11-9-18(10-12-25)14-24-23(27)16-31-20-7-8-21(26(28)29)22(13-20)30-2/h3-8,13,18H,9-12,14-16H2,1-2H3,(H,24,27). The fourth-order valence-corrected chi connectivity index (χ4v) is 3.66. The number of carbonyl (C=O) groups excluding carboxylic acids is 1. The van der Waals surface area contributed by atoms with Gasteiger partial charge in [-0.05, 0) is 50.4 Å². The lowest BCUT2D eigenvalue weighted by molar-refractivity contribution is -0.385. The van der Waals surface area contributed by atoms with E-state index in [0.29, 0.717) is 18.2 Å². The van der Waals surface area contributed by atoms with Crippen LogP contribution in [0.5, 0.6) is 11.5 Å². The van der Waals surface area contributed by atoms with E-state index < -0.39 is 4.92 Å². The number of rotatable bonds is 9. The third-order valence-electron chi connectivity index (χ3n) is 5.54. The Morgan fingerprint density at radius 1 is 1.19 bits per heavy atom. The van der Waals surface area contributed by atoms with Gasteiger partial charge in [0.2, 0.25) is 5.75 Å². The number of nitro benzene ring substituents is 1. The van der Waals surface area contributed by atoms with Crippen molar-refractivity contribution in [2.75, 3.05) is 33.4 Å². The van der Waals surface area contributed by atoms with Crippen molar-refractivity contribution in [3.05, 3.63) is 63.7 Å². The van der Waals surface area contributed by atoms with E-state index >= 15 is 0 Å². The van der Waals surface area contributed by atoms with E-state index in [1.54, 1.807) is 0 Å². The van der Waals surface area contributed by atoms with Crippen LogP contribution >= 0.6 is 0 Å². The summed E-state index contributed by atoms with van der Waals surface area (Å²) in [5, 5.41) is 13.9. The Hall–Kier alpha value is -3.13. The molecule has 0 spiro atoms. The van der Waals surface area contributed by atoms with Crippen LogP contribution in [0.2, 0.25) is 0 Å². The van der Waals surface area contributed by atoms with Gasteiger partial charge in [-0.15, -0.1) is 0 Å². The van der Waals surface area contributed by atoms with Crippen LogP contribution in [-0.2, 0) is 11.3 Å². The molecule has 0 aromatic heterocycles. The molecule has 0 radical (unpaired) electrons. The third-order valence-corrected chi connectivity index (χ3v) is 5.54. The van der Waals surface area contributed by atoms with Crippen LogP contribution in [0.3, 0.4) is 0 Å². The summed E-state index contributed by atoms with van der Waals surface area (Å²) < 4.78 is 10.5. The molecule has 31 heavy (non-hydrogen) atoms. The first-order chi connectivity index (χ1) is 14.9. The van der Waals surface area contributed by atoms with Crippen LogP contribution in [0.1, 0.15) is 24.0 Å². The van der Waals surface area contributed by atoms with Crippen molar-refractivity contribution in [3.8, 4) is 11.5 Å². The zero-order chi connectivity index (χ0) is 22.2. The molecular formula is C23H29N3O5. The van der Waals surface area contributed by atoms with E-state index in [2.05, 4.69) is 41.4 Å². The van der Waals surface area contributed by atoms with Crippen molar-refractivity contribution >= 4 is 11.6 Å². The maximum absolute atomic E-state index is 12.1. The van der Waals surface area contributed by atoms with Gasteiger partial charge in [0.15, 0.2) is 6.61 Å². The minimum absolute atomic E-state index is 0.0975. The molecule has 8 heteroatoms. The molecule has 0 aliphatic carbocycles. The summed E-state index contributed by atoms with van der Waals surface area (Å²) in [6.07, 6.45) is 2.10. The SMILES string of the molecule is COc1cc(OCC(=O)NCC2CCN(Cc3ccc(C)cc3)CC2)ccc1[N+](=O)[O-]. The number of hydrogen-bond acceptors (Lipinski definition) is 6. The number of nitrogens with one attached hydrogen (secondary N) is 1. The highest BCUT2D eigenvalue weighted by Crippen LogP contribution is 2.30. The predicted octanol–water partition coefficient (Wildman–Crippen LogP) is 3.32. The van der Waals surface area contributed by atoms with Gasteiger partial charge >= 0.3 is 5.69 Å². The van der Waals surface area contributed by atoms with Gasteiger partial charge in [0.1, 0.15) is 5.75 Å². The number of nitro groups is 1. The molecule has 1 amide bonds. The van der Waals surface area contributed by atoms with Gasteiger partial charge in [0.05, 0.1) is 12.0 Å². The Kier molecular flexibility index (Phi) is 7.83. The highest BCUT2D eigenvalue weighted by Gasteiger charge is 2.20. The number of nitrogens with zero attached hydrogens (tertiary/aromatic N) is 2. The summed E-state index contributed by atoms with van der Waals surface area (Å²) in [7, 11) is 1.35. The van der Waals surface area contributed by atoms with Gasteiger partial charge in [-0.1, -0.05) is 29.8 Å². The molecule has 0 bridgehead atoms. The summed E-state index contributed by atoms with van der Waals surface area (Å²) in [6.45, 7) is 5.58. The van der Waals surface area contributed by atoms with Gasteiger partial charge in [0.25, 0.3) is 5.91 Å². The quantitative estimate of drug-likeness (QED) is 0.487. The van der Waals surface area contributed by atoms with Crippen molar-refractivity contribution in [2.45, 2.75) is 26.3 Å². The van der Waals surface area contributed by atoms with Crippen molar-refractivity contribution < 1.29 is 19.2 Å². The van der Waals surface area contributed by atoms with Gasteiger partial charge in [-0.25, -0.2) is 0 Å². The summed E-state index contributed by atoms with van der Waals surface area (Å²) in [5.41, 5.74) is 2.46. The topological polar surface area (TPSA) is 93.9 Å². The molecule has 0 unspecified atom stereocenters. The Morgan fingerprint density at radius 2 is 1.90 bits per heavy atom. The van der Waals surface area contributed by atoms with Crippen LogP contribution < -0.4 is 14.8 Å². The summed E-state index contributed by atoms with van der Waals surface area (Å²) in [5.74, 6) is 0.694. The molecular weight excluding hydrogens is 398 g/mol. The average Bonchev–Trinajstić information content (AvgIpc) is 2.78. The Bertz CT molecular complexity index is 893. The average molecular weight is 428 g/mol. The summed E-state index contributed by atoms with van der Waals surface area (Å²) in [6, 6.07) is 12.8. The minimum Gasteiger partial charge on any atom is -0.490 e. The fourth-order valence-electron chi connectivity index (χ4n) is 3.66. The van der Waals surface area contributed by atoms with Crippen LogP contribution in [0, 0.1) is 23.0 Å². The van der Waals surface area contributed by atoms with Crippen LogP contribution in [0.25, 0.3) is 0 Å². The van der Waals surface area contributed by atoms with Crippen molar-refractivity contribution in [1.82, 2.24) is 10.2 Å². The number of hydrogen-bond donors (Lipinski definition) is 1. The first kappa shape index (κ1) is 22.6. The number of aryl methyl sites for hydroxylation is 1. The molecule has 1 N–H and O–H groups in total. The largest absolute Gasteiger partial charge is 0.490 e.